The minimum absolute atomic E-state index is 0.158. The zero-order valence-corrected chi connectivity index (χ0v) is 26.5. The fourth-order valence-electron chi connectivity index (χ4n) is 7.06. The molecule has 4 heterocycles. The van der Waals surface area contributed by atoms with Gasteiger partial charge >= 0.3 is 6.03 Å². The number of hydrogen-bond donors (Lipinski definition) is 3. The lowest BCUT2D eigenvalue weighted by molar-refractivity contribution is -0.132. The Kier molecular flexibility index (Phi) is 8.66. The summed E-state index contributed by atoms with van der Waals surface area (Å²) in [6, 6.07) is 17.8. The normalized spacial score (nSPS) is 20.4. The highest BCUT2D eigenvalue weighted by Gasteiger charge is 2.38. The number of benzene rings is 3. The van der Waals surface area contributed by atoms with Gasteiger partial charge in [0.05, 0.1) is 11.4 Å². The molecule has 2 bridgehead atoms. The first-order chi connectivity index (χ1) is 23.4. The highest BCUT2D eigenvalue weighted by atomic mass is 19.1. The van der Waals surface area contributed by atoms with Crippen molar-refractivity contribution in [2.75, 3.05) is 29.9 Å². The van der Waals surface area contributed by atoms with Crippen LogP contribution in [0.5, 0.6) is 0 Å². The maximum atomic E-state index is 15.4. The van der Waals surface area contributed by atoms with Crippen LogP contribution in [-0.4, -0.2) is 74.9 Å². The highest BCUT2D eigenvalue weighted by molar-refractivity contribution is 6.21. The molecule has 1 atom stereocenters. The number of anilines is 2. The van der Waals surface area contributed by atoms with Crippen LogP contribution in [-0.2, 0) is 16.0 Å². The van der Waals surface area contributed by atoms with Crippen LogP contribution >= 0.6 is 0 Å². The largest absolute Gasteiger partial charge is 0.341 e. The fourth-order valence-corrected chi connectivity index (χ4v) is 7.06. The second kappa shape index (κ2) is 13.3. The number of aromatic amines is 1. The molecule has 1 unspecified atom stereocenters. The molecule has 1 aliphatic carbocycles. The Morgan fingerprint density at radius 2 is 1.69 bits per heavy atom. The van der Waals surface area contributed by atoms with Gasteiger partial charge in [0.2, 0.25) is 17.9 Å². The number of hydrogen-bond acceptors (Lipinski definition) is 7. The predicted molar refractivity (Wildman–Crippen MR) is 178 cm³/mol. The van der Waals surface area contributed by atoms with E-state index in [1.54, 1.807) is 48.5 Å². The molecule has 1 saturated carbocycles. The van der Waals surface area contributed by atoms with Gasteiger partial charge in [-0.15, -0.1) is 10.2 Å². The van der Waals surface area contributed by atoms with Crippen molar-refractivity contribution >= 4 is 34.9 Å². The number of nitrogens with one attached hydrogen (secondary N) is 3. The number of aliphatic imine (C=N–C) groups is 1. The molecule has 0 radical (unpaired) electrons. The number of aromatic nitrogens is 4. The smallest absolute Gasteiger partial charge is 0.321 e. The highest BCUT2D eigenvalue weighted by Crippen LogP contribution is 2.36. The van der Waals surface area contributed by atoms with E-state index in [9.17, 15) is 14.4 Å². The van der Waals surface area contributed by atoms with Gasteiger partial charge in [0.1, 0.15) is 12.4 Å². The van der Waals surface area contributed by atoms with Crippen molar-refractivity contribution in [3.63, 3.8) is 0 Å². The van der Waals surface area contributed by atoms with Crippen LogP contribution < -0.4 is 15.5 Å². The van der Waals surface area contributed by atoms with Crippen molar-refractivity contribution in [3.05, 3.63) is 89.2 Å². The molecule has 3 aromatic carbocycles. The number of carbonyl (C=O) groups is 3. The van der Waals surface area contributed by atoms with E-state index in [4.69, 9.17) is 4.99 Å². The van der Waals surface area contributed by atoms with Crippen LogP contribution in [0.4, 0.5) is 20.6 Å². The molecule has 4 amide bonds. The zero-order valence-electron chi connectivity index (χ0n) is 26.5. The van der Waals surface area contributed by atoms with Gasteiger partial charge in [-0.3, -0.25) is 14.5 Å². The number of nitrogens with zero attached hydrogens (tertiary/aromatic N) is 6. The lowest BCUT2D eigenvalue weighted by atomic mass is 9.84. The fraction of sp³-hybridized carbons (Fsp3) is 0.343. The molecule has 0 spiro atoms. The van der Waals surface area contributed by atoms with E-state index < -0.39 is 23.9 Å². The van der Waals surface area contributed by atoms with Gasteiger partial charge in [-0.1, -0.05) is 49.4 Å². The van der Waals surface area contributed by atoms with E-state index in [0.717, 1.165) is 31.2 Å². The standard InChI is InChI=1S/C35H36FN9O3/c1-2-23-7-6-11-27-30(26-10-3-4-12-28(26)36)38-33(39-35(48)37-25-9-5-8-24(17-25)32-40-42-43-41-32)34(47)45(31(23)27)20-29(46)44-18-21-13-14-22(19-44)16-15-21/h3-12,17,21-22,33H,2,13-16,18-20H2,1H3,(H2,37,39,48)(H,40,41,42,43). The molecule has 13 heteroatoms. The van der Waals surface area contributed by atoms with E-state index in [-0.39, 0.29) is 23.7 Å². The summed E-state index contributed by atoms with van der Waals surface area (Å²) in [5, 5.41) is 19.4. The molecule has 48 heavy (non-hydrogen) atoms. The first-order valence-corrected chi connectivity index (χ1v) is 16.3. The number of aryl methyl sites for hydroxylation is 1. The lowest BCUT2D eigenvalue weighted by Gasteiger charge is -2.30. The minimum atomic E-state index is -1.47. The van der Waals surface area contributed by atoms with Gasteiger partial charge in [-0.25, -0.2) is 14.2 Å². The van der Waals surface area contributed by atoms with Crippen LogP contribution in [0.2, 0.25) is 0 Å². The molecule has 1 aromatic heterocycles. The molecule has 8 rings (SSSR count). The molecule has 3 aliphatic heterocycles. The van der Waals surface area contributed by atoms with Gasteiger partial charge in [-0.05, 0) is 79.0 Å². The molecular formula is C35H36FN9O3. The summed E-state index contributed by atoms with van der Waals surface area (Å²) in [4.78, 5) is 50.1. The molecule has 12 nitrogen and oxygen atoms in total. The maximum Gasteiger partial charge on any atom is 0.321 e. The summed E-state index contributed by atoms with van der Waals surface area (Å²) in [7, 11) is 0. The first kappa shape index (κ1) is 31.2. The van der Waals surface area contributed by atoms with Gasteiger partial charge in [-0.2, -0.15) is 5.21 Å². The second-order valence-electron chi connectivity index (χ2n) is 12.6. The lowest BCUT2D eigenvalue weighted by Crippen LogP contribution is -2.52. The van der Waals surface area contributed by atoms with E-state index >= 15 is 4.39 Å². The monoisotopic (exact) mass is 649 g/mol. The van der Waals surface area contributed by atoms with Crippen molar-refractivity contribution in [2.45, 2.75) is 45.2 Å². The molecular weight excluding hydrogens is 613 g/mol. The average molecular weight is 650 g/mol. The number of urea groups is 1. The second-order valence-corrected chi connectivity index (χ2v) is 12.6. The number of halogens is 1. The summed E-state index contributed by atoms with van der Waals surface area (Å²) in [5.74, 6) is -0.0143. The SMILES string of the molecule is CCc1cccc2c1N(CC(=O)N1CC3CCC(CC3)C1)C(=O)C(NC(=O)Nc1cccc(-c3nn[nH]n3)c1)N=C2c1ccccc1F. The number of para-hydroxylation sites is 1. The van der Waals surface area contributed by atoms with E-state index in [0.29, 0.717) is 59.7 Å². The third-order valence-electron chi connectivity index (χ3n) is 9.47. The Hall–Kier alpha value is -5.46. The Bertz CT molecular complexity index is 1860. The number of tetrazole rings is 1. The molecule has 4 aliphatic rings. The number of rotatable bonds is 7. The summed E-state index contributed by atoms with van der Waals surface area (Å²) < 4.78 is 15.4. The Labute approximate surface area is 276 Å². The summed E-state index contributed by atoms with van der Waals surface area (Å²) in [5.41, 5.74) is 3.22. The van der Waals surface area contributed by atoms with Crippen LogP contribution in [0.15, 0.2) is 71.7 Å². The summed E-state index contributed by atoms with van der Waals surface area (Å²) in [6.07, 6.45) is 3.52. The van der Waals surface area contributed by atoms with Crippen molar-refractivity contribution in [3.8, 4) is 11.4 Å². The maximum absolute atomic E-state index is 15.4. The first-order valence-electron chi connectivity index (χ1n) is 16.3. The summed E-state index contributed by atoms with van der Waals surface area (Å²) >= 11 is 0. The van der Waals surface area contributed by atoms with Gasteiger partial charge in [0.25, 0.3) is 5.91 Å². The Morgan fingerprint density at radius 1 is 0.958 bits per heavy atom. The van der Waals surface area contributed by atoms with Crippen molar-refractivity contribution < 1.29 is 18.8 Å². The third kappa shape index (κ3) is 6.27. The molecule has 3 fully saturated rings. The molecule has 2 saturated heterocycles. The van der Waals surface area contributed by atoms with Gasteiger partial charge in [0.15, 0.2) is 0 Å². The minimum Gasteiger partial charge on any atom is -0.341 e. The third-order valence-corrected chi connectivity index (χ3v) is 9.47. The number of carbonyl (C=O) groups excluding carboxylic acids is 3. The number of fused-ring (bicyclic) bond motifs is 5. The average Bonchev–Trinajstić information content (AvgIpc) is 3.43. The predicted octanol–water partition coefficient (Wildman–Crippen LogP) is 4.55. The molecule has 246 valence electrons. The number of amides is 4. The van der Waals surface area contributed by atoms with Crippen molar-refractivity contribution in [1.29, 1.82) is 0 Å². The van der Waals surface area contributed by atoms with Gasteiger partial charge in [0, 0.05) is 35.5 Å². The quantitative estimate of drug-likeness (QED) is 0.268. The van der Waals surface area contributed by atoms with Crippen molar-refractivity contribution in [2.24, 2.45) is 16.8 Å². The summed E-state index contributed by atoms with van der Waals surface area (Å²) in [6.45, 7) is 3.07. The van der Waals surface area contributed by atoms with E-state index in [2.05, 4.69) is 31.3 Å². The zero-order chi connectivity index (χ0) is 33.2. The Morgan fingerprint density at radius 3 is 2.40 bits per heavy atom. The van der Waals surface area contributed by atoms with Crippen LogP contribution in [0.3, 0.4) is 0 Å². The number of benzodiazepines with no additional fused rings is 1. The topological polar surface area (TPSA) is 149 Å². The van der Waals surface area contributed by atoms with Crippen LogP contribution in [0.1, 0.15) is 49.3 Å². The molecule has 4 aromatic rings. The Balaban J connectivity index is 1.25. The van der Waals surface area contributed by atoms with Gasteiger partial charge < -0.3 is 15.5 Å². The van der Waals surface area contributed by atoms with Crippen molar-refractivity contribution in [1.82, 2.24) is 30.8 Å². The number of H-pyrrole nitrogens is 1. The molecule has 3 N–H and O–H groups in total. The van der Waals surface area contributed by atoms with Crippen LogP contribution in [0, 0.1) is 17.7 Å². The van der Waals surface area contributed by atoms with Crippen LogP contribution in [0.25, 0.3) is 11.4 Å². The van der Waals surface area contributed by atoms with E-state index in [1.807, 2.05) is 24.0 Å². The van der Waals surface area contributed by atoms with E-state index in [1.165, 1.54) is 11.0 Å².